The molecule has 0 bridgehead atoms. The van der Waals surface area contributed by atoms with Gasteiger partial charge in [-0.1, -0.05) is 11.6 Å². The molecule has 2 rings (SSSR count). The summed E-state index contributed by atoms with van der Waals surface area (Å²) in [6.07, 6.45) is -3.88. The van der Waals surface area contributed by atoms with Crippen molar-refractivity contribution in [2.75, 3.05) is 50.8 Å². The Bertz CT molecular complexity index is 564. The second-order valence-electron chi connectivity index (χ2n) is 5.71. The van der Waals surface area contributed by atoms with Gasteiger partial charge in [0, 0.05) is 50.0 Å². The Labute approximate surface area is 173 Å². The lowest BCUT2D eigenvalue weighted by atomic mass is 10.2. The molecule has 0 atom stereocenters. The van der Waals surface area contributed by atoms with Gasteiger partial charge in [0.15, 0.2) is 5.96 Å². The molecule has 1 aromatic rings. The molecule has 1 aromatic carbocycles. The molecule has 26 heavy (non-hydrogen) atoms. The third-order valence-electron chi connectivity index (χ3n) is 3.78. The SMILES string of the molecule is I.NC(=NCCCOCC(F)(F)F)N1CCN(c2ccc(Cl)cc2)CC1. The molecule has 1 fully saturated rings. The maximum atomic E-state index is 11.9. The van der Waals surface area contributed by atoms with E-state index in [-0.39, 0.29) is 30.6 Å². The van der Waals surface area contributed by atoms with Gasteiger partial charge in [0.1, 0.15) is 6.61 Å². The van der Waals surface area contributed by atoms with Gasteiger partial charge in [-0.05, 0) is 30.7 Å². The van der Waals surface area contributed by atoms with E-state index in [1.54, 1.807) is 0 Å². The van der Waals surface area contributed by atoms with E-state index in [4.69, 9.17) is 17.3 Å². The lowest BCUT2D eigenvalue weighted by molar-refractivity contribution is -0.173. The Morgan fingerprint density at radius 1 is 1.15 bits per heavy atom. The number of benzene rings is 1. The van der Waals surface area contributed by atoms with Crippen molar-refractivity contribution in [2.24, 2.45) is 10.7 Å². The molecule has 0 amide bonds. The van der Waals surface area contributed by atoms with Crippen LogP contribution in [0.3, 0.4) is 0 Å². The molecule has 0 saturated carbocycles. The first kappa shape index (κ1) is 23.1. The highest BCUT2D eigenvalue weighted by Crippen LogP contribution is 2.19. The van der Waals surface area contributed by atoms with Crippen molar-refractivity contribution in [1.82, 2.24) is 4.90 Å². The highest BCUT2D eigenvalue weighted by molar-refractivity contribution is 14.0. The molecular weight excluding hydrogens is 484 g/mol. The van der Waals surface area contributed by atoms with Crippen molar-refractivity contribution in [3.63, 3.8) is 0 Å². The average Bonchev–Trinajstić information content (AvgIpc) is 2.58. The molecule has 0 radical (unpaired) electrons. The van der Waals surface area contributed by atoms with Crippen LogP contribution >= 0.6 is 35.6 Å². The number of nitrogens with two attached hydrogens (primary N) is 1. The van der Waals surface area contributed by atoms with Gasteiger partial charge in [0.25, 0.3) is 0 Å². The van der Waals surface area contributed by atoms with Crippen LogP contribution in [-0.4, -0.2) is 63.0 Å². The molecule has 148 valence electrons. The lowest BCUT2D eigenvalue weighted by Gasteiger charge is -2.36. The molecule has 0 spiro atoms. The van der Waals surface area contributed by atoms with Crippen LogP contribution in [-0.2, 0) is 4.74 Å². The summed E-state index contributed by atoms with van der Waals surface area (Å²) in [5, 5.41) is 0.706. The predicted octanol–water partition coefficient (Wildman–Crippen LogP) is 3.36. The summed E-state index contributed by atoms with van der Waals surface area (Å²) in [4.78, 5) is 8.43. The van der Waals surface area contributed by atoms with Gasteiger partial charge in [-0.15, -0.1) is 24.0 Å². The third kappa shape index (κ3) is 8.17. The van der Waals surface area contributed by atoms with Crippen LogP contribution in [0, 0.1) is 0 Å². The second kappa shape index (κ2) is 11.0. The van der Waals surface area contributed by atoms with Crippen molar-refractivity contribution < 1.29 is 17.9 Å². The number of anilines is 1. The van der Waals surface area contributed by atoms with Crippen LogP contribution in [0.4, 0.5) is 18.9 Å². The molecular formula is C16H23ClF3IN4O. The fourth-order valence-corrected chi connectivity index (χ4v) is 2.62. The number of rotatable bonds is 6. The van der Waals surface area contributed by atoms with E-state index < -0.39 is 12.8 Å². The zero-order chi connectivity index (χ0) is 18.3. The molecule has 1 saturated heterocycles. The monoisotopic (exact) mass is 506 g/mol. The largest absolute Gasteiger partial charge is 0.411 e. The number of guanidine groups is 1. The number of aliphatic imine (C=N–C) groups is 1. The summed E-state index contributed by atoms with van der Waals surface area (Å²) in [5.41, 5.74) is 7.07. The summed E-state index contributed by atoms with van der Waals surface area (Å²) < 4.78 is 40.3. The van der Waals surface area contributed by atoms with Crippen molar-refractivity contribution in [3.05, 3.63) is 29.3 Å². The molecule has 2 N–H and O–H groups in total. The maximum absolute atomic E-state index is 11.9. The van der Waals surface area contributed by atoms with Crippen LogP contribution in [0.1, 0.15) is 6.42 Å². The van der Waals surface area contributed by atoms with Gasteiger partial charge in [-0.3, -0.25) is 4.99 Å². The van der Waals surface area contributed by atoms with Gasteiger partial charge in [-0.25, -0.2) is 0 Å². The predicted molar refractivity (Wildman–Crippen MR) is 109 cm³/mol. The first-order valence-electron chi connectivity index (χ1n) is 8.05. The minimum atomic E-state index is -4.29. The Morgan fingerprint density at radius 2 is 1.77 bits per heavy atom. The molecule has 5 nitrogen and oxygen atoms in total. The van der Waals surface area contributed by atoms with Crippen LogP contribution in [0.5, 0.6) is 0 Å². The van der Waals surface area contributed by atoms with Crippen LogP contribution in [0.2, 0.25) is 5.02 Å². The lowest BCUT2D eigenvalue weighted by Crippen LogP contribution is -2.51. The Kier molecular flexibility index (Phi) is 9.80. The van der Waals surface area contributed by atoms with E-state index in [0.29, 0.717) is 23.9 Å². The van der Waals surface area contributed by atoms with Crippen LogP contribution < -0.4 is 10.6 Å². The van der Waals surface area contributed by atoms with Crippen LogP contribution in [0.15, 0.2) is 29.3 Å². The quantitative estimate of drug-likeness (QED) is 0.278. The van der Waals surface area contributed by atoms with Crippen molar-refractivity contribution in [1.29, 1.82) is 0 Å². The highest BCUT2D eigenvalue weighted by Gasteiger charge is 2.27. The number of hydrogen-bond donors (Lipinski definition) is 1. The Morgan fingerprint density at radius 3 is 2.35 bits per heavy atom. The normalized spacial score (nSPS) is 15.8. The average molecular weight is 507 g/mol. The van der Waals surface area contributed by atoms with E-state index in [1.807, 2.05) is 29.2 Å². The molecule has 1 aliphatic heterocycles. The van der Waals surface area contributed by atoms with Gasteiger partial charge in [-0.2, -0.15) is 13.2 Å². The maximum Gasteiger partial charge on any atom is 0.411 e. The summed E-state index contributed by atoms with van der Waals surface area (Å²) in [7, 11) is 0. The zero-order valence-corrected chi connectivity index (χ0v) is 17.3. The second-order valence-corrected chi connectivity index (χ2v) is 6.15. The van der Waals surface area contributed by atoms with Crippen molar-refractivity contribution in [2.45, 2.75) is 12.6 Å². The van der Waals surface area contributed by atoms with Gasteiger partial charge >= 0.3 is 6.18 Å². The highest BCUT2D eigenvalue weighted by atomic mass is 127. The van der Waals surface area contributed by atoms with Gasteiger partial charge in [0.2, 0.25) is 0 Å². The first-order chi connectivity index (χ1) is 11.8. The molecule has 1 heterocycles. The fraction of sp³-hybridized carbons (Fsp3) is 0.562. The standard InChI is InChI=1S/C16H22ClF3N4O.HI/c17-13-2-4-14(5-3-13)23-7-9-24(10-8-23)15(21)22-6-1-11-25-12-16(18,19)20;/h2-5H,1,6-12H2,(H2,21,22);1H. The van der Waals surface area contributed by atoms with E-state index in [1.165, 1.54) is 0 Å². The van der Waals surface area contributed by atoms with Crippen LogP contribution in [0.25, 0.3) is 0 Å². The van der Waals surface area contributed by atoms with E-state index in [0.717, 1.165) is 31.9 Å². The number of nitrogens with zero attached hydrogens (tertiary/aromatic N) is 3. The fourth-order valence-electron chi connectivity index (χ4n) is 2.49. The number of piperazine rings is 1. The smallest absolute Gasteiger partial charge is 0.372 e. The van der Waals surface area contributed by atoms with Crippen molar-refractivity contribution in [3.8, 4) is 0 Å². The summed E-state index contributed by atoms with van der Waals surface area (Å²) in [5.74, 6) is 0.423. The number of halogens is 5. The van der Waals surface area contributed by atoms with Gasteiger partial charge < -0.3 is 20.3 Å². The van der Waals surface area contributed by atoms with E-state index in [9.17, 15) is 13.2 Å². The number of hydrogen-bond acceptors (Lipinski definition) is 3. The molecule has 10 heteroatoms. The zero-order valence-electron chi connectivity index (χ0n) is 14.2. The first-order valence-corrected chi connectivity index (χ1v) is 8.43. The Balaban J connectivity index is 0.00000338. The topological polar surface area (TPSA) is 54.1 Å². The number of ether oxygens (including phenoxy) is 1. The van der Waals surface area contributed by atoms with E-state index >= 15 is 0 Å². The number of alkyl halides is 3. The third-order valence-corrected chi connectivity index (χ3v) is 4.03. The molecule has 0 unspecified atom stereocenters. The molecule has 0 aromatic heterocycles. The minimum absolute atomic E-state index is 0. The molecule has 0 aliphatic carbocycles. The van der Waals surface area contributed by atoms with E-state index in [2.05, 4.69) is 14.6 Å². The van der Waals surface area contributed by atoms with Gasteiger partial charge in [0.05, 0.1) is 0 Å². The Hall–Kier alpha value is -0.940. The minimum Gasteiger partial charge on any atom is -0.372 e. The summed E-state index contributed by atoms with van der Waals surface area (Å²) in [6.45, 7) is 2.24. The summed E-state index contributed by atoms with van der Waals surface area (Å²) in [6, 6.07) is 7.69. The molecule has 1 aliphatic rings. The summed E-state index contributed by atoms with van der Waals surface area (Å²) >= 11 is 5.89. The van der Waals surface area contributed by atoms with Crippen molar-refractivity contribution >= 4 is 47.2 Å².